The fourth-order valence-electron chi connectivity index (χ4n) is 3.46. The molecule has 1 unspecified atom stereocenters. The predicted molar refractivity (Wildman–Crippen MR) is 103 cm³/mol. The molecule has 2 aromatic carbocycles. The molecule has 6 nitrogen and oxygen atoms in total. The fourth-order valence-corrected chi connectivity index (χ4v) is 3.46. The average Bonchev–Trinajstić information content (AvgIpc) is 3.26. The van der Waals surface area contributed by atoms with Gasteiger partial charge in [-0.15, -0.1) is 0 Å². The molecular formula is C21H20FN3O3. The van der Waals surface area contributed by atoms with E-state index in [0.29, 0.717) is 18.8 Å². The Labute approximate surface area is 161 Å². The number of carbonyl (C=O) groups excluding carboxylic acids is 2. The molecule has 1 aromatic heterocycles. The van der Waals surface area contributed by atoms with Gasteiger partial charge < -0.3 is 19.9 Å². The number of likely N-dealkylation sites (tertiary alicyclic amines) is 1. The Kier molecular flexibility index (Phi) is 4.73. The van der Waals surface area contributed by atoms with Crippen molar-refractivity contribution in [3.05, 3.63) is 65.6 Å². The van der Waals surface area contributed by atoms with Crippen molar-refractivity contribution in [3.63, 3.8) is 0 Å². The molecular weight excluding hydrogens is 361 g/mol. The summed E-state index contributed by atoms with van der Waals surface area (Å²) in [6, 6.07) is 13.1. The van der Waals surface area contributed by atoms with Gasteiger partial charge in [-0.2, -0.15) is 0 Å². The molecule has 1 fully saturated rings. The standard InChI is InChI=1S/C21H20FN3O3/c1-28-17-6-7-18-14(8-17)9-19(24-18)21(27)23-16-10-20(26)25(12-16)11-13-2-4-15(22)5-3-13/h2-9,16,24H,10-12H2,1H3,(H,23,27). The fraction of sp³-hybridized carbons (Fsp3) is 0.238. The maximum absolute atomic E-state index is 13.0. The molecule has 0 bridgehead atoms. The summed E-state index contributed by atoms with van der Waals surface area (Å²) in [7, 11) is 1.59. The second-order valence-corrected chi connectivity index (χ2v) is 6.91. The Morgan fingerprint density at radius 3 is 2.79 bits per heavy atom. The number of hydrogen-bond acceptors (Lipinski definition) is 3. The van der Waals surface area contributed by atoms with Crippen LogP contribution in [0, 0.1) is 5.82 Å². The molecule has 7 heteroatoms. The van der Waals surface area contributed by atoms with Gasteiger partial charge in [-0.1, -0.05) is 12.1 Å². The zero-order valence-electron chi connectivity index (χ0n) is 15.4. The summed E-state index contributed by atoms with van der Waals surface area (Å²) in [4.78, 5) is 29.6. The molecule has 28 heavy (non-hydrogen) atoms. The van der Waals surface area contributed by atoms with E-state index >= 15 is 0 Å². The highest BCUT2D eigenvalue weighted by Gasteiger charge is 2.31. The van der Waals surface area contributed by atoms with Crippen LogP contribution in [-0.2, 0) is 11.3 Å². The van der Waals surface area contributed by atoms with Gasteiger partial charge in [0.15, 0.2) is 0 Å². The maximum Gasteiger partial charge on any atom is 0.268 e. The number of aromatic nitrogens is 1. The van der Waals surface area contributed by atoms with E-state index in [2.05, 4.69) is 10.3 Å². The van der Waals surface area contributed by atoms with E-state index in [1.165, 1.54) is 12.1 Å². The summed E-state index contributed by atoms with van der Waals surface area (Å²) in [5, 5.41) is 3.80. The Morgan fingerprint density at radius 2 is 2.04 bits per heavy atom. The highest BCUT2D eigenvalue weighted by atomic mass is 19.1. The number of methoxy groups -OCH3 is 1. The monoisotopic (exact) mass is 381 g/mol. The largest absolute Gasteiger partial charge is 0.497 e. The van der Waals surface area contributed by atoms with Crippen LogP contribution in [-0.4, -0.2) is 41.4 Å². The van der Waals surface area contributed by atoms with Crippen LogP contribution in [0.2, 0.25) is 0 Å². The lowest BCUT2D eigenvalue weighted by Crippen LogP contribution is -2.37. The van der Waals surface area contributed by atoms with Crippen LogP contribution in [0.3, 0.4) is 0 Å². The first-order chi connectivity index (χ1) is 13.5. The van der Waals surface area contributed by atoms with Gasteiger partial charge in [-0.05, 0) is 42.0 Å². The van der Waals surface area contributed by atoms with Crippen molar-refractivity contribution in [2.75, 3.05) is 13.7 Å². The third-order valence-electron chi connectivity index (χ3n) is 4.91. The van der Waals surface area contributed by atoms with Crippen molar-refractivity contribution < 1.29 is 18.7 Å². The van der Waals surface area contributed by atoms with Crippen LogP contribution in [0.25, 0.3) is 10.9 Å². The number of hydrogen-bond donors (Lipinski definition) is 2. The molecule has 4 rings (SSSR count). The van der Waals surface area contributed by atoms with Gasteiger partial charge in [0.2, 0.25) is 5.91 Å². The lowest BCUT2D eigenvalue weighted by Gasteiger charge is -2.17. The van der Waals surface area contributed by atoms with Gasteiger partial charge in [0, 0.05) is 30.4 Å². The van der Waals surface area contributed by atoms with E-state index < -0.39 is 0 Å². The third kappa shape index (κ3) is 3.69. The van der Waals surface area contributed by atoms with Crippen molar-refractivity contribution in [2.45, 2.75) is 19.0 Å². The van der Waals surface area contributed by atoms with Crippen LogP contribution in [0.1, 0.15) is 22.5 Å². The Bertz CT molecular complexity index is 1030. The van der Waals surface area contributed by atoms with Crippen molar-refractivity contribution in [2.24, 2.45) is 0 Å². The first-order valence-corrected chi connectivity index (χ1v) is 9.01. The van der Waals surface area contributed by atoms with Gasteiger partial charge in [0.1, 0.15) is 17.3 Å². The number of ether oxygens (including phenoxy) is 1. The summed E-state index contributed by atoms with van der Waals surface area (Å²) in [6.07, 6.45) is 0.251. The van der Waals surface area contributed by atoms with Crippen LogP contribution >= 0.6 is 0 Å². The molecule has 0 radical (unpaired) electrons. The molecule has 2 amide bonds. The van der Waals surface area contributed by atoms with Gasteiger partial charge in [-0.3, -0.25) is 9.59 Å². The molecule has 0 saturated carbocycles. The number of amides is 2. The van der Waals surface area contributed by atoms with E-state index in [9.17, 15) is 14.0 Å². The van der Waals surface area contributed by atoms with E-state index in [0.717, 1.165) is 22.2 Å². The zero-order valence-corrected chi connectivity index (χ0v) is 15.4. The van der Waals surface area contributed by atoms with E-state index in [1.807, 2.05) is 18.2 Å². The number of halogens is 1. The summed E-state index contributed by atoms with van der Waals surface area (Å²) in [6.45, 7) is 0.827. The van der Waals surface area contributed by atoms with E-state index in [1.54, 1.807) is 30.2 Å². The molecule has 1 saturated heterocycles. The predicted octanol–water partition coefficient (Wildman–Crippen LogP) is 2.85. The molecule has 1 atom stereocenters. The number of rotatable bonds is 5. The van der Waals surface area contributed by atoms with E-state index in [4.69, 9.17) is 4.74 Å². The normalized spacial score (nSPS) is 16.6. The second-order valence-electron chi connectivity index (χ2n) is 6.91. The highest BCUT2D eigenvalue weighted by Crippen LogP contribution is 2.22. The minimum atomic E-state index is -0.308. The molecule has 0 spiro atoms. The minimum absolute atomic E-state index is 0.0315. The summed E-state index contributed by atoms with van der Waals surface area (Å²) in [5.74, 6) is 0.126. The van der Waals surface area contributed by atoms with Crippen molar-refractivity contribution in [3.8, 4) is 5.75 Å². The number of nitrogens with one attached hydrogen (secondary N) is 2. The SMILES string of the molecule is COc1ccc2[nH]c(C(=O)NC3CC(=O)N(Cc4ccc(F)cc4)C3)cc2c1. The van der Waals surface area contributed by atoms with Gasteiger partial charge in [0.05, 0.1) is 13.2 Å². The van der Waals surface area contributed by atoms with Crippen LogP contribution in [0.4, 0.5) is 4.39 Å². The number of nitrogens with zero attached hydrogens (tertiary/aromatic N) is 1. The summed E-state index contributed by atoms with van der Waals surface area (Å²) in [5.41, 5.74) is 2.13. The smallest absolute Gasteiger partial charge is 0.268 e. The van der Waals surface area contributed by atoms with Crippen molar-refractivity contribution in [1.29, 1.82) is 0 Å². The second kappa shape index (κ2) is 7.34. The molecule has 1 aliphatic heterocycles. The number of H-pyrrole nitrogens is 1. The average molecular weight is 381 g/mol. The van der Waals surface area contributed by atoms with Crippen LogP contribution in [0.5, 0.6) is 5.75 Å². The van der Waals surface area contributed by atoms with E-state index in [-0.39, 0.29) is 30.1 Å². The topological polar surface area (TPSA) is 74.4 Å². The quantitative estimate of drug-likeness (QED) is 0.714. The summed E-state index contributed by atoms with van der Waals surface area (Å²) < 4.78 is 18.2. The van der Waals surface area contributed by atoms with Crippen molar-refractivity contribution >= 4 is 22.7 Å². The number of carbonyl (C=O) groups is 2. The lowest BCUT2D eigenvalue weighted by molar-refractivity contribution is -0.128. The number of benzene rings is 2. The van der Waals surface area contributed by atoms with Gasteiger partial charge in [-0.25, -0.2) is 4.39 Å². The Morgan fingerprint density at radius 1 is 1.25 bits per heavy atom. The van der Waals surface area contributed by atoms with Crippen LogP contribution in [0.15, 0.2) is 48.5 Å². The van der Waals surface area contributed by atoms with Gasteiger partial charge >= 0.3 is 0 Å². The Balaban J connectivity index is 1.41. The third-order valence-corrected chi connectivity index (χ3v) is 4.91. The molecule has 3 aromatic rings. The van der Waals surface area contributed by atoms with Gasteiger partial charge in [0.25, 0.3) is 5.91 Å². The molecule has 2 heterocycles. The maximum atomic E-state index is 13.0. The molecule has 144 valence electrons. The summed E-state index contributed by atoms with van der Waals surface area (Å²) >= 11 is 0. The Hall–Kier alpha value is -3.35. The number of fused-ring (bicyclic) bond motifs is 1. The zero-order chi connectivity index (χ0) is 19.7. The molecule has 1 aliphatic rings. The minimum Gasteiger partial charge on any atom is -0.497 e. The highest BCUT2D eigenvalue weighted by molar-refractivity contribution is 5.98. The molecule has 2 N–H and O–H groups in total. The molecule has 0 aliphatic carbocycles. The van der Waals surface area contributed by atoms with Crippen LogP contribution < -0.4 is 10.1 Å². The van der Waals surface area contributed by atoms with Crippen molar-refractivity contribution in [1.82, 2.24) is 15.2 Å². The first-order valence-electron chi connectivity index (χ1n) is 9.01. The lowest BCUT2D eigenvalue weighted by atomic mass is 10.2. The number of aromatic amines is 1. The first kappa shape index (κ1) is 18.0.